The molecule has 76 valence electrons. The third-order valence-electron chi connectivity index (χ3n) is 1.69. The fourth-order valence-corrected chi connectivity index (χ4v) is 1.31. The van der Waals surface area contributed by atoms with E-state index >= 15 is 0 Å². The van der Waals surface area contributed by atoms with Crippen LogP contribution in [0.5, 0.6) is 0 Å². The van der Waals surface area contributed by atoms with E-state index in [-0.39, 0.29) is 16.6 Å². The SMILES string of the molecule is CC(=CC(C)(C)C)C(=O)C(C)(C)C. The van der Waals surface area contributed by atoms with E-state index in [1.165, 1.54) is 0 Å². The fraction of sp³-hybridized carbons (Fsp3) is 0.750. The summed E-state index contributed by atoms with van der Waals surface area (Å²) in [4.78, 5) is 11.8. The van der Waals surface area contributed by atoms with E-state index in [4.69, 9.17) is 0 Å². The van der Waals surface area contributed by atoms with E-state index in [2.05, 4.69) is 20.8 Å². The molecule has 0 fully saturated rings. The minimum absolute atomic E-state index is 0.0883. The number of allylic oxidation sites excluding steroid dienone is 2. The molecule has 0 aromatic rings. The highest BCUT2D eigenvalue weighted by molar-refractivity contribution is 5.98. The molecule has 0 rings (SSSR count). The quantitative estimate of drug-likeness (QED) is 0.566. The summed E-state index contributed by atoms with van der Waals surface area (Å²) in [6.07, 6.45) is 2.04. The van der Waals surface area contributed by atoms with Crippen LogP contribution in [0.3, 0.4) is 0 Å². The van der Waals surface area contributed by atoms with E-state index in [1.807, 2.05) is 33.8 Å². The van der Waals surface area contributed by atoms with Gasteiger partial charge in [-0.3, -0.25) is 4.79 Å². The zero-order valence-electron chi connectivity index (χ0n) is 9.99. The number of Topliss-reactive ketones (excluding diaryl/α,β-unsaturated/α-hetero) is 1. The van der Waals surface area contributed by atoms with Crippen molar-refractivity contribution in [2.45, 2.75) is 48.5 Å². The molecule has 0 heterocycles. The first-order valence-corrected chi connectivity index (χ1v) is 4.78. The zero-order valence-corrected chi connectivity index (χ0v) is 9.99. The Balaban J connectivity index is 4.73. The van der Waals surface area contributed by atoms with Crippen LogP contribution in [0, 0.1) is 10.8 Å². The molecular weight excluding hydrogens is 160 g/mol. The highest BCUT2D eigenvalue weighted by Crippen LogP contribution is 2.24. The van der Waals surface area contributed by atoms with Crippen LogP contribution >= 0.6 is 0 Å². The molecule has 0 aromatic heterocycles. The van der Waals surface area contributed by atoms with Crippen LogP contribution in [0.1, 0.15) is 48.5 Å². The maximum absolute atomic E-state index is 11.8. The van der Waals surface area contributed by atoms with Gasteiger partial charge in [0.1, 0.15) is 0 Å². The van der Waals surface area contributed by atoms with Crippen LogP contribution in [0.15, 0.2) is 11.6 Å². The van der Waals surface area contributed by atoms with Crippen molar-refractivity contribution in [3.8, 4) is 0 Å². The lowest BCUT2D eigenvalue weighted by Gasteiger charge is -2.20. The first-order valence-electron chi connectivity index (χ1n) is 4.78. The Morgan fingerprint density at radius 1 is 1.00 bits per heavy atom. The van der Waals surface area contributed by atoms with Crippen molar-refractivity contribution in [2.75, 3.05) is 0 Å². The van der Waals surface area contributed by atoms with Crippen molar-refractivity contribution in [3.63, 3.8) is 0 Å². The largest absolute Gasteiger partial charge is 0.294 e. The Hall–Kier alpha value is -0.590. The van der Waals surface area contributed by atoms with Crippen LogP contribution in [0.4, 0.5) is 0 Å². The number of carbonyl (C=O) groups excluding carboxylic acids is 1. The van der Waals surface area contributed by atoms with E-state index in [9.17, 15) is 4.79 Å². The van der Waals surface area contributed by atoms with Gasteiger partial charge in [-0.1, -0.05) is 47.6 Å². The molecule has 1 heteroatoms. The van der Waals surface area contributed by atoms with Gasteiger partial charge < -0.3 is 0 Å². The highest BCUT2D eigenvalue weighted by Gasteiger charge is 2.23. The summed E-state index contributed by atoms with van der Waals surface area (Å²) in [7, 11) is 0. The molecule has 0 aliphatic rings. The summed E-state index contributed by atoms with van der Waals surface area (Å²) in [5, 5.41) is 0. The fourth-order valence-electron chi connectivity index (χ4n) is 1.31. The second-order valence-corrected chi connectivity index (χ2v) is 5.77. The Morgan fingerprint density at radius 3 is 1.62 bits per heavy atom. The highest BCUT2D eigenvalue weighted by atomic mass is 16.1. The lowest BCUT2D eigenvalue weighted by molar-refractivity contribution is -0.122. The smallest absolute Gasteiger partial charge is 0.163 e. The van der Waals surface area contributed by atoms with Crippen molar-refractivity contribution in [1.29, 1.82) is 0 Å². The van der Waals surface area contributed by atoms with E-state index in [0.29, 0.717) is 0 Å². The normalized spacial score (nSPS) is 14.5. The van der Waals surface area contributed by atoms with Gasteiger partial charge in [-0.05, 0) is 17.9 Å². The first-order chi connectivity index (χ1) is 5.54. The van der Waals surface area contributed by atoms with Crippen molar-refractivity contribution in [2.24, 2.45) is 10.8 Å². The molecule has 0 unspecified atom stereocenters. The summed E-state index contributed by atoms with van der Waals surface area (Å²) in [5.74, 6) is 0.238. The molecular formula is C12H22O. The Morgan fingerprint density at radius 2 is 1.38 bits per heavy atom. The molecule has 13 heavy (non-hydrogen) atoms. The van der Waals surface area contributed by atoms with Gasteiger partial charge in [0.05, 0.1) is 0 Å². The van der Waals surface area contributed by atoms with Gasteiger partial charge in [0, 0.05) is 5.41 Å². The van der Waals surface area contributed by atoms with Gasteiger partial charge in [0.2, 0.25) is 0 Å². The molecule has 0 saturated carbocycles. The summed E-state index contributed by atoms with van der Waals surface area (Å²) >= 11 is 0. The lowest BCUT2D eigenvalue weighted by atomic mass is 9.83. The molecule has 0 amide bonds. The monoisotopic (exact) mass is 182 g/mol. The molecule has 0 spiro atoms. The number of rotatable bonds is 1. The molecule has 0 radical (unpaired) electrons. The van der Waals surface area contributed by atoms with Crippen molar-refractivity contribution >= 4 is 5.78 Å². The van der Waals surface area contributed by atoms with Crippen LogP contribution in [0.25, 0.3) is 0 Å². The standard InChI is InChI=1S/C12H22O/c1-9(8-11(2,3)4)10(13)12(5,6)7/h8H,1-7H3. The number of ketones is 1. The molecule has 0 aromatic carbocycles. The number of hydrogen-bond acceptors (Lipinski definition) is 1. The first kappa shape index (κ1) is 12.4. The van der Waals surface area contributed by atoms with Crippen LogP contribution in [0.2, 0.25) is 0 Å². The Bertz CT molecular complexity index is 220. The summed E-state index contributed by atoms with van der Waals surface area (Å²) in [5.41, 5.74) is 0.705. The van der Waals surface area contributed by atoms with Gasteiger partial charge >= 0.3 is 0 Å². The van der Waals surface area contributed by atoms with E-state index in [1.54, 1.807) is 0 Å². The summed E-state index contributed by atoms with van der Waals surface area (Å²) in [6, 6.07) is 0. The maximum atomic E-state index is 11.8. The molecule has 1 nitrogen and oxygen atoms in total. The topological polar surface area (TPSA) is 17.1 Å². The van der Waals surface area contributed by atoms with Crippen LogP contribution < -0.4 is 0 Å². The summed E-state index contributed by atoms with van der Waals surface area (Å²) in [6.45, 7) is 14.1. The second-order valence-electron chi connectivity index (χ2n) is 5.77. The van der Waals surface area contributed by atoms with E-state index in [0.717, 1.165) is 5.57 Å². The van der Waals surface area contributed by atoms with Gasteiger partial charge in [-0.15, -0.1) is 0 Å². The average Bonchev–Trinajstić information content (AvgIpc) is 1.79. The van der Waals surface area contributed by atoms with Crippen molar-refractivity contribution in [3.05, 3.63) is 11.6 Å². The Kier molecular flexibility index (Phi) is 3.48. The lowest BCUT2D eigenvalue weighted by Crippen LogP contribution is -2.21. The van der Waals surface area contributed by atoms with Crippen molar-refractivity contribution in [1.82, 2.24) is 0 Å². The zero-order chi connectivity index (χ0) is 10.9. The van der Waals surface area contributed by atoms with Crippen LogP contribution in [-0.4, -0.2) is 5.78 Å². The van der Waals surface area contributed by atoms with Gasteiger partial charge in [-0.2, -0.15) is 0 Å². The van der Waals surface area contributed by atoms with E-state index < -0.39 is 0 Å². The van der Waals surface area contributed by atoms with Gasteiger partial charge in [0.25, 0.3) is 0 Å². The third kappa shape index (κ3) is 4.87. The average molecular weight is 182 g/mol. The molecule has 0 aliphatic heterocycles. The van der Waals surface area contributed by atoms with Gasteiger partial charge in [0.15, 0.2) is 5.78 Å². The minimum Gasteiger partial charge on any atom is -0.294 e. The molecule has 0 aliphatic carbocycles. The predicted molar refractivity (Wildman–Crippen MR) is 57.7 cm³/mol. The van der Waals surface area contributed by atoms with Crippen molar-refractivity contribution < 1.29 is 4.79 Å². The Labute approximate surface area is 82.2 Å². The summed E-state index contributed by atoms with van der Waals surface area (Å²) < 4.78 is 0. The number of carbonyl (C=O) groups is 1. The molecule has 0 saturated heterocycles. The minimum atomic E-state index is -0.258. The maximum Gasteiger partial charge on any atom is 0.163 e. The number of hydrogen-bond donors (Lipinski definition) is 0. The third-order valence-corrected chi connectivity index (χ3v) is 1.69. The molecule has 0 atom stereocenters. The second kappa shape index (κ2) is 3.65. The molecule has 0 N–H and O–H groups in total. The predicted octanol–water partition coefficient (Wildman–Crippen LogP) is 3.59. The van der Waals surface area contributed by atoms with Gasteiger partial charge in [-0.25, -0.2) is 0 Å². The van der Waals surface area contributed by atoms with Crippen LogP contribution in [-0.2, 0) is 4.79 Å². The molecule has 0 bridgehead atoms.